The Morgan fingerprint density at radius 3 is 2.92 bits per heavy atom. The zero-order valence-corrected chi connectivity index (χ0v) is 7.48. The van der Waals surface area contributed by atoms with Crippen LogP contribution in [0.5, 0.6) is 5.75 Å². The molecule has 0 radical (unpaired) electrons. The summed E-state index contributed by atoms with van der Waals surface area (Å²) in [4.78, 5) is 13.4. The fourth-order valence-corrected chi connectivity index (χ4v) is 1.14. The fraction of sp³-hybridized carbons (Fsp3) is 0.167. The van der Waals surface area contributed by atoms with E-state index >= 15 is 0 Å². The van der Waals surface area contributed by atoms with E-state index in [0.717, 1.165) is 6.07 Å². The summed E-state index contributed by atoms with van der Waals surface area (Å²) in [5.41, 5.74) is -0.0522. The summed E-state index contributed by atoms with van der Waals surface area (Å²) < 4.78 is 0. The predicted molar refractivity (Wildman–Crippen MR) is 45.2 cm³/mol. The van der Waals surface area contributed by atoms with Crippen LogP contribution in [0.4, 0.5) is 5.69 Å². The van der Waals surface area contributed by atoms with Crippen molar-refractivity contribution in [3.8, 4) is 5.75 Å². The van der Waals surface area contributed by atoms with Crippen LogP contribution in [-0.2, 0) is 5.33 Å². The van der Waals surface area contributed by atoms with Gasteiger partial charge in [-0.1, -0.05) is 15.9 Å². The molecule has 1 rings (SSSR count). The molecule has 12 heavy (non-hydrogen) atoms. The maximum atomic E-state index is 10.3. The van der Waals surface area contributed by atoms with Crippen LogP contribution in [0.3, 0.4) is 0 Å². The lowest BCUT2D eigenvalue weighted by Gasteiger charge is -1.98. The summed E-state index contributed by atoms with van der Waals surface area (Å²) in [5.74, 6) is -0.376. The van der Waals surface area contributed by atoms with Gasteiger partial charge < -0.3 is 5.11 Å². The largest absolute Gasteiger partial charge is 0.501 e. The Kier molecular flexibility index (Phi) is 2.59. The molecular formula is C6H5BrN2O3. The summed E-state index contributed by atoms with van der Waals surface area (Å²) in [5, 5.41) is 19.8. The van der Waals surface area contributed by atoms with E-state index in [1.165, 1.54) is 6.20 Å². The Balaban J connectivity index is 3.23. The first-order chi connectivity index (χ1) is 5.66. The number of aromatic hydroxyl groups is 1. The number of alkyl halides is 1. The van der Waals surface area contributed by atoms with Crippen molar-refractivity contribution >= 4 is 21.6 Å². The maximum absolute atomic E-state index is 10.3. The first-order valence-corrected chi connectivity index (χ1v) is 4.16. The van der Waals surface area contributed by atoms with Crippen molar-refractivity contribution in [3.05, 3.63) is 28.1 Å². The molecule has 5 nitrogen and oxygen atoms in total. The molecule has 0 aliphatic carbocycles. The van der Waals surface area contributed by atoms with E-state index in [0.29, 0.717) is 5.33 Å². The molecule has 64 valence electrons. The van der Waals surface area contributed by atoms with Gasteiger partial charge in [-0.25, -0.2) is 0 Å². The molecule has 0 unspecified atom stereocenters. The van der Waals surface area contributed by atoms with Crippen LogP contribution in [0, 0.1) is 10.1 Å². The number of aromatic nitrogens is 1. The number of halogens is 1. The molecule has 0 aliphatic heterocycles. The van der Waals surface area contributed by atoms with Crippen molar-refractivity contribution in [2.45, 2.75) is 5.33 Å². The third-order valence-corrected chi connectivity index (χ3v) is 1.83. The van der Waals surface area contributed by atoms with Crippen LogP contribution < -0.4 is 0 Å². The van der Waals surface area contributed by atoms with Gasteiger partial charge in [0.05, 0.1) is 10.6 Å². The number of hydrogen-bond donors (Lipinski definition) is 1. The van der Waals surface area contributed by atoms with Crippen LogP contribution in [-0.4, -0.2) is 15.0 Å². The second-order valence-corrected chi connectivity index (χ2v) is 2.58. The van der Waals surface area contributed by atoms with Gasteiger partial charge in [0, 0.05) is 17.6 Å². The summed E-state index contributed by atoms with van der Waals surface area (Å²) in [7, 11) is 0. The first kappa shape index (κ1) is 8.92. The van der Waals surface area contributed by atoms with E-state index in [4.69, 9.17) is 0 Å². The molecule has 0 spiro atoms. The molecule has 6 heteroatoms. The van der Waals surface area contributed by atoms with E-state index in [-0.39, 0.29) is 17.1 Å². The third kappa shape index (κ3) is 1.53. The van der Waals surface area contributed by atoms with Crippen LogP contribution >= 0.6 is 15.9 Å². The van der Waals surface area contributed by atoms with E-state index in [1.54, 1.807) is 0 Å². The molecule has 1 aromatic heterocycles. The summed E-state index contributed by atoms with van der Waals surface area (Å²) in [6.45, 7) is 0. The zero-order chi connectivity index (χ0) is 9.14. The van der Waals surface area contributed by atoms with Crippen LogP contribution in [0.15, 0.2) is 12.3 Å². The number of hydrogen-bond acceptors (Lipinski definition) is 4. The third-order valence-electron chi connectivity index (χ3n) is 1.30. The maximum Gasteiger partial charge on any atom is 0.314 e. The number of nitro groups is 1. The Morgan fingerprint density at radius 1 is 1.75 bits per heavy atom. The minimum Gasteiger partial charge on any atom is -0.501 e. The fourth-order valence-electron chi connectivity index (χ4n) is 0.731. The van der Waals surface area contributed by atoms with Crippen LogP contribution in [0.1, 0.15) is 5.69 Å². The van der Waals surface area contributed by atoms with Crippen molar-refractivity contribution in [2.24, 2.45) is 0 Å². The number of rotatable bonds is 2. The zero-order valence-electron chi connectivity index (χ0n) is 5.90. The topological polar surface area (TPSA) is 76.3 Å². The average Bonchev–Trinajstić information content (AvgIpc) is 2.04. The Morgan fingerprint density at radius 2 is 2.42 bits per heavy atom. The highest BCUT2D eigenvalue weighted by molar-refractivity contribution is 9.08. The van der Waals surface area contributed by atoms with E-state index in [2.05, 4.69) is 20.9 Å². The lowest BCUT2D eigenvalue weighted by molar-refractivity contribution is -0.386. The van der Waals surface area contributed by atoms with Gasteiger partial charge in [0.25, 0.3) is 0 Å². The number of pyridine rings is 1. The van der Waals surface area contributed by atoms with Gasteiger partial charge in [0.15, 0.2) is 0 Å². The van der Waals surface area contributed by atoms with Crippen molar-refractivity contribution in [2.75, 3.05) is 0 Å². The van der Waals surface area contributed by atoms with Crippen molar-refractivity contribution in [1.82, 2.24) is 4.98 Å². The van der Waals surface area contributed by atoms with Gasteiger partial charge in [-0.3, -0.25) is 15.1 Å². The molecule has 0 amide bonds. The van der Waals surface area contributed by atoms with Gasteiger partial charge >= 0.3 is 5.69 Å². The van der Waals surface area contributed by atoms with Gasteiger partial charge in [0.2, 0.25) is 5.75 Å². The number of nitrogens with zero attached hydrogens (tertiary/aromatic N) is 2. The highest BCUT2D eigenvalue weighted by Gasteiger charge is 2.16. The Bertz CT molecular complexity index is 316. The van der Waals surface area contributed by atoms with Gasteiger partial charge in [0.1, 0.15) is 0 Å². The minimum atomic E-state index is -0.650. The molecule has 1 heterocycles. The van der Waals surface area contributed by atoms with Gasteiger partial charge in [-0.15, -0.1) is 0 Å². The van der Waals surface area contributed by atoms with Crippen molar-refractivity contribution in [3.63, 3.8) is 0 Å². The van der Waals surface area contributed by atoms with Crippen molar-refractivity contribution < 1.29 is 10.0 Å². The molecule has 0 fully saturated rings. The molecule has 0 atom stereocenters. The quantitative estimate of drug-likeness (QED) is 0.478. The SMILES string of the molecule is O=[N+]([O-])c1ccnc(CBr)c1O. The van der Waals surface area contributed by atoms with Crippen LogP contribution in [0.25, 0.3) is 0 Å². The smallest absolute Gasteiger partial charge is 0.314 e. The normalized spacial score (nSPS) is 9.75. The molecule has 0 saturated heterocycles. The summed E-state index contributed by atoms with van der Waals surface area (Å²) in [6, 6.07) is 1.15. The highest BCUT2D eigenvalue weighted by atomic mass is 79.9. The van der Waals surface area contributed by atoms with E-state index < -0.39 is 4.92 Å². The standard InChI is InChI=1S/C6H5BrN2O3/c7-3-4-6(10)5(9(11)12)1-2-8-4/h1-2,10H,3H2. The summed E-state index contributed by atoms with van der Waals surface area (Å²) in [6.07, 6.45) is 1.29. The van der Waals surface area contributed by atoms with E-state index in [1.807, 2.05) is 0 Å². The molecule has 0 saturated carbocycles. The Labute approximate surface area is 76.3 Å². The van der Waals surface area contributed by atoms with Crippen LogP contribution in [0.2, 0.25) is 0 Å². The summed E-state index contributed by atoms with van der Waals surface area (Å²) >= 11 is 3.05. The molecule has 0 bridgehead atoms. The lowest BCUT2D eigenvalue weighted by atomic mass is 10.3. The van der Waals surface area contributed by atoms with Gasteiger partial charge in [-0.2, -0.15) is 0 Å². The predicted octanol–water partition coefficient (Wildman–Crippen LogP) is 1.59. The molecule has 0 aliphatic rings. The van der Waals surface area contributed by atoms with Crippen molar-refractivity contribution in [1.29, 1.82) is 0 Å². The Hall–Kier alpha value is -1.17. The monoisotopic (exact) mass is 232 g/mol. The average molecular weight is 233 g/mol. The second kappa shape index (κ2) is 3.48. The molecule has 0 aromatic carbocycles. The molecule has 1 aromatic rings. The van der Waals surface area contributed by atoms with Gasteiger partial charge in [-0.05, 0) is 0 Å². The highest BCUT2D eigenvalue weighted by Crippen LogP contribution is 2.28. The molecular weight excluding hydrogens is 228 g/mol. The lowest BCUT2D eigenvalue weighted by Crippen LogP contribution is -1.93. The van der Waals surface area contributed by atoms with E-state index in [9.17, 15) is 15.2 Å². The first-order valence-electron chi connectivity index (χ1n) is 3.04. The minimum absolute atomic E-state index is 0.268. The second-order valence-electron chi connectivity index (χ2n) is 2.02. The molecule has 1 N–H and O–H groups in total.